The van der Waals surface area contributed by atoms with Gasteiger partial charge in [-0.1, -0.05) is 5.16 Å². The molecule has 17 heavy (non-hydrogen) atoms. The minimum atomic E-state index is -0.346. The third-order valence-electron chi connectivity index (χ3n) is 2.31. The molecular weight excluding hydrogens is 222 g/mol. The van der Waals surface area contributed by atoms with Gasteiger partial charge in [-0.3, -0.25) is 9.89 Å². The first-order valence-corrected chi connectivity index (χ1v) is 5.08. The van der Waals surface area contributed by atoms with Crippen LogP contribution in [-0.2, 0) is 6.54 Å². The first-order valence-electron chi connectivity index (χ1n) is 5.08. The third kappa shape index (κ3) is 2.27. The van der Waals surface area contributed by atoms with E-state index < -0.39 is 0 Å². The summed E-state index contributed by atoms with van der Waals surface area (Å²) < 4.78 is 4.96. The van der Waals surface area contributed by atoms with E-state index in [9.17, 15) is 4.79 Å². The quantitative estimate of drug-likeness (QED) is 0.718. The lowest BCUT2D eigenvalue weighted by Gasteiger charge is -2.00. The van der Waals surface area contributed by atoms with E-state index in [1.54, 1.807) is 13.0 Å². The van der Waals surface area contributed by atoms with Gasteiger partial charge in [0.05, 0.1) is 23.6 Å². The number of anilines is 1. The van der Waals surface area contributed by atoms with Gasteiger partial charge in [-0.05, 0) is 13.8 Å². The molecule has 0 saturated heterocycles. The molecule has 2 heterocycles. The van der Waals surface area contributed by atoms with E-state index in [1.165, 1.54) is 0 Å². The molecule has 4 N–H and O–H groups in total. The molecule has 0 spiro atoms. The van der Waals surface area contributed by atoms with Gasteiger partial charge >= 0.3 is 0 Å². The Morgan fingerprint density at radius 3 is 2.88 bits per heavy atom. The molecule has 0 saturated carbocycles. The van der Waals surface area contributed by atoms with E-state index in [1.807, 2.05) is 6.92 Å². The molecule has 7 heteroatoms. The van der Waals surface area contributed by atoms with E-state index in [2.05, 4.69) is 20.7 Å². The lowest BCUT2D eigenvalue weighted by molar-refractivity contribution is 0.0943. The monoisotopic (exact) mass is 235 g/mol. The third-order valence-corrected chi connectivity index (χ3v) is 2.31. The average molecular weight is 235 g/mol. The fourth-order valence-electron chi connectivity index (χ4n) is 1.36. The summed E-state index contributed by atoms with van der Waals surface area (Å²) in [7, 11) is 0. The molecule has 1 amide bonds. The van der Waals surface area contributed by atoms with Crippen molar-refractivity contribution >= 4 is 11.6 Å². The molecule has 0 aliphatic heterocycles. The van der Waals surface area contributed by atoms with Gasteiger partial charge in [-0.25, -0.2) is 0 Å². The van der Waals surface area contributed by atoms with Gasteiger partial charge in [0.1, 0.15) is 0 Å². The van der Waals surface area contributed by atoms with Crippen molar-refractivity contribution in [1.82, 2.24) is 20.7 Å². The maximum absolute atomic E-state index is 11.7. The zero-order valence-electron chi connectivity index (χ0n) is 9.57. The molecule has 90 valence electrons. The molecular formula is C10H13N5O2. The maximum atomic E-state index is 11.7. The number of carbonyl (C=O) groups excluding carboxylic acids is 1. The lowest BCUT2D eigenvalue weighted by Crippen LogP contribution is -2.23. The summed E-state index contributed by atoms with van der Waals surface area (Å²) >= 11 is 0. The zero-order chi connectivity index (χ0) is 12.4. The predicted molar refractivity (Wildman–Crippen MR) is 60.1 cm³/mol. The Kier molecular flexibility index (Phi) is 2.82. The number of hydrogen-bond acceptors (Lipinski definition) is 5. The topological polar surface area (TPSA) is 110 Å². The second-order valence-corrected chi connectivity index (χ2v) is 3.73. The number of nitrogens with one attached hydrogen (secondary N) is 2. The van der Waals surface area contributed by atoms with Crippen LogP contribution >= 0.6 is 0 Å². The smallest absolute Gasteiger partial charge is 0.274 e. The number of rotatable bonds is 3. The zero-order valence-corrected chi connectivity index (χ0v) is 9.57. The van der Waals surface area contributed by atoms with E-state index >= 15 is 0 Å². The second kappa shape index (κ2) is 4.28. The van der Waals surface area contributed by atoms with Crippen molar-refractivity contribution in [1.29, 1.82) is 0 Å². The van der Waals surface area contributed by atoms with E-state index in [4.69, 9.17) is 10.3 Å². The predicted octanol–water partition coefficient (Wildman–Crippen LogP) is 0.527. The Labute approximate surface area is 97.4 Å². The molecule has 0 aromatic carbocycles. The summed E-state index contributed by atoms with van der Waals surface area (Å²) in [5, 5.41) is 12.8. The number of nitrogen functional groups attached to an aromatic ring is 1. The van der Waals surface area contributed by atoms with Crippen LogP contribution in [0.25, 0.3) is 0 Å². The van der Waals surface area contributed by atoms with Crippen LogP contribution < -0.4 is 11.1 Å². The highest BCUT2D eigenvalue weighted by molar-refractivity contribution is 5.97. The number of carbonyl (C=O) groups is 1. The summed E-state index contributed by atoms with van der Waals surface area (Å²) in [5.41, 5.74) is 7.68. The van der Waals surface area contributed by atoms with E-state index in [-0.39, 0.29) is 18.1 Å². The second-order valence-electron chi connectivity index (χ2n) is 3.73. The molecule has 0 atom stereocenters. The van der Waals surface area contributed by atoms with Crippen LogP contribution in [0, 0.1) is 13.8 Å². The standard InChI is InChI=1S/C10H13N5O2/c1-5-3-7(17-15-5)4-12-10(16)9-8(11)6(2)13-14-9/h3H,4,11H2,1-2H3,(H,12,16)(H,13,14). The summed E-state index contributed by atoms with van der Waals surface area (Å²) in [4.78, 5) is 11.7. The Morgan fingerprint density at radius 1 is 1.59 bits per heavy atom. The summed E-state index contributed by atoms with van der Waals surface area (Å²) in [5.74, 6) is 0.239. The summed E-state index contributed by atoms with van der Waals surface area (Å²) in [6.45, 7) is 3.81. The number of aromatic amines is 1. The van der Waals surface area contributed by atoms with Crippen LogP contribution in [0.4, 0.5) is 5.69 Å². The normalized spacial score (nSPS) is 10.5. The Hall–Kier alpha value is -2.31. The van der Waals surface area contributed by atoms with Gasteiger partial charge < -0.3 is 15.6 Å². The molecule has 0 aliphatic rings. The Morgan fingerprint density at radius 2 is 2.35 bits per heavy atom. The van der Waals surface area contributed by atoms with Gasteiger partial charge in [0, 0.05) is 6.07 Å². The van der Waals surface area contributed by atoms with E-state index in [0.717, 1.165) is 5.69 Å². The number of nitrogens with zero attached hydrogens (tertiary/aromatic N) is 2. The SMILES string of the molecule is Cc1cc(CNC(=O)c2n[nH]c(C)c2N)on1. The number of H-pyrrole nitrogens is 1. The summed E-state index contributed by atoms with van der Waals surface area (Å²) in [6.07, 6.45) is 0. The fourth-order valence-corrected chi connectivity index (χ4v) is 1.36. The molecule has 2 aromatic heterocycles. The van der Waals surface area contributed by atoms with Gasteiger partial charge in [0.15, 0.2) is 11.5 Å². The van der Waals surface area contributed by atoms with Crippen LogP contribution in [0.3, 0.4) is 0 Å². The molecule has 0 radical (unpaired) electrons. The van der Waals surface area contributed by atoms with Crippen LogP contribution in [0.15, 0.2) is 10.6 Å². The minimum Gasteiger partial charge on any atom is -0.395 e. The summed E-state index contributed by atoms with van der Waals surface area (Å²) in [6, 6.07) is 1.75. The number of nitrogens with two attached hydrogens (primary N) is 1. The van der Waals surface area contributed by atoms with Gasteiger partial charge in [0.25, 0.3) is 5.91 Å². The minimum absolute atomic E-state index is 0.193. The molecule has 2 aromatic rings. The maximum Gasteiger partial charge on any atom is 0.274 e. The van der Waals surface area contributed by atoms with Crippen LogP contribution in [0.5, 0.6) is 0 Å². The Balaban J connectivity index is 2.00. The molecule has 0 aliphatic carbocycles. The first kappa shape index (κ1) is 11.2. The van der Waals surface area contributed by atoms with Crippen molar-refractivity contribution in [3.63, 3.8) is 0 Å². The van der Waals surface area contributed by atoms with Crippen molar-refractivity contribution in [2.24, 2.45) is 0 Å². The molecule has 0 fully saturated rings. The molecule has 0 unspecified atom stereocenters. The van der Waals surface area contributed by atoms with Gasteiger partial charge in [-0.15, -0.1) is 0 Å². The first-order chi connectivity index (χ1) is 8.08. The number of aromatic nitrogens is 3. The highest BCUT2D eigenvalue weighted by Crippen LogP contribution is 2.12. The average Bonchev–Trinajstić information content (AvgIpc) is 2.84. The lowest BCUT2D eigenvalue weighted by atomic mass is 10.3. The molecule has 2 rings (SSSR count). The largest absolute Gasteiger partial charge is 0.395 e. The van der Waals surface area contributed by atoms with Crippen molar-refractivity contribution in [3.05, 3.63) is 28.9 Å². The molecule has 7 nitrogen and oxygen atoms in total. The van der Waals surface area contributed by atoms with Crippen molar-refractivity contribution in [2.75, 3.05) is 5.73 Å². The van der Waals surface area contributed by atoms with Crippen LogP contribution in [0.2, 0.25) is 0 Å². The van der Waals surface area contributed by atoms with Crippen molar-refractivity contribution in [3.8, 4) is 0 Å². The Bertz CT molecular complexity index is 543. The number of amides is 1. The van der Waals surface area contributed by atoms with Gasteiger partial charge in [-0.2, -0.15) is 5.10 Å². The highest BCUT2D eigenvalue weighted by atomic mass is 16.5. The number of hydrogen-bond donors (Lipinski definition) is 3. The van der Waals surface area contributed by atoms with Gasteiger partial charge in [0.2, 0.25) is 0 Å². The van der Waals surface area contributed by atoms with E-state index in [0.29, 0.717) is 17.1 Å². The highest BCUT2D eigenvalue weighted by Gasteiger charge is 2.15. The van der Waals surface area contributed by atoms with Crippen molar-refractivity contribution in [2.45, 2.75) is 20.4 Å². The molecule has 0 bridgehead atoms. The fraction of sp³-hybridized carbons (Fsp3) is 0.300. The van der Waals surface area contributed by atoms with Crippen LogP contribution in [-0.4, -0.2) is 21.3 Å². The number of aryl methyl sites for hydroxylation is 2. The van der Waals surface area contributed by atoms with Crippen LogP contribution in [0.1, 0.15) is 27.6 Å². The van der Waals surface area contributed by atoms with Crippen molar-refractivity contribution < 1.29 is 9.32 Å².